The molecule has 3 aromatic carbocycles. The Morgan fingerprint density at radius 1 is 0.875 bits per heavy atom. The first kappa shape index (κ1) is 21.8. The van der Waals surface area contributed by atoms with Gasteiger partial charge in [-0.15, -0.1) is 5.10 Å². The summed E-state index contributed by atoms with van der Waals surface area (Å²) >= 11 is 11.7. The maximum absolute atomic E-state index is 12.6. The van der Waals surface area contributed by atoms with Gasteiger partial charge in [0.25, 0.3) is 15.9 Å². The number of hydrogen-bond donors (Lipinski definition) is 2. The maximum atomic E-state index is 12.6. The summed E-state index contributed by atoms with van der Waals surface area (Å²) in [5.41, 5.74) is 1.04. The van der Waals surface area contributed by atoms with Gasteiger partial charge in [-0.05, 0) is 66.7 Å². The highest BCUT2D eigenvalue weighted by molar-refractivity contribution is 7.92. The summed E-state index contributed by atoms with van der Waals surface area (Å²) < 4.78 is 33.0. The van der Waals surface area contributed by atoms with Crippen molar-refractivity contribution >= 4 is 50.8 Å². The number of benzene rings is 3. The Hall–Kier alpha value is -3.40. The van der Waals surface area contributed by atoms with Crippen molar-refractivity contribution in [3.8, 4) is 11.5 Å². The Morgan fingerprint density at radius 3 is 2.22 bits per heavy atom. The fourth-order valence-corrected chi connectivity index (χ4v) is 4.01. The number of nitrogens with one attached hydrogen (secondary N) is 2. The van der Waals surface area contributed by atoms with Crippen LogP contribution < -0.4 is 10.0 Å². The van der Waals surface area contributed by atoms with E-state index in [4.69, 9.17) is 27.6 Å². The molecule has 32 heavy (non-hydrogen) atoms. The first-order chi connectivity index (χ1) is 15.3. The minimum absolute atomic E-state index is 0.0392. The molecule has 0 radical (unpaired) electrons. The zero-order valence-electron chi connectivity index (χ0n) is 16.1. The van der Waals surface area contributed by atoms with Gasteiger partial charge in [-0.2, -0.15) is 0 Å². The van der Waals surface area contributed by atoms with E-state index in [-0.39, 0.29) is 28.1 Å². The molecule has 8 nitrogen and oxygen atoms in total. The zero-order chi connectivity index (χ0) is 22.7. The average Bonchev–Trinajstić information content (AvgIpc) is 3.23. The molecule has 2 N–H and O–H groups in total. The van der Waals surface area contributed by atoms with Crippen LogP contribution >= 0.6 is 23.2 Å². The number of nitrogens with zero attached hydrogens (tertiary/aromatic N) is 2. The van der Waals surface area contributed by atoms with Crippen molar-refractivity contribution in [3.63, 3.8) is 0 Å². The fraction of sp³-hybridized carbons (Fsp3) is 0. The minimum Gasteiger partial charge on any atom is -0.403 e. The molecule has 4 rings (SSSR count). The highest BCUT2D eigenvalue weighted by Gasteiger charge is 2.16. The third-order valence-corrected chi connectivity index (χ3v) is 6.14. The van der Waals surface area contributed by atoms with E-state index < -0.39 is 15.9 Å². The third kappa shape index (κ3) is 5.08. The standard InChI is InChI=1S/C21H14Cl2N4O4S/c22-15-6-4-13(5-7-15)20-25-26-21(31-20)24-19(28)14-2-1-3-17(12-14)27-32(29,30)18-10-8-16(23)9-11-18/h1-12,27H,(H,24,26,28). The number of carbonyl (C=O) groups is 1. The van der Waals surface area contributed by atoms with Gasteiger partial charge >= 0.3 is 6.01 Å². The molecule has 0 bridgehead atoms. The molecule has 0 aliphatic heterocycles. The number of carbonyl (C=O) groups excluding carboxylic acids is 1. The van der Waals surface area contributed by atoms with Crippen LogP contribution in [0.2, 0.25) is 10.0 Å². The van der Waals surface area contributed by atoms with Crippen LogP contribution in [0.15, 0.2) is 82.1 Å². The van der Waals surface area contributed by atoms with Crippen LogP contribution in [0.1, 0.15) is 10.4 Å². The van der Waals surface area contributed by atoms with Crippen molar-refractivity contribution in [2.24, 2.45) is 0 Å². The van der Waals surface area contributed by atoms with E-state index in [1.54, 1.807) is 30.3 Å². The van der Waals surface area contributed by atoms with Gasteiger partial charge in [0.05, 0.1) is 4.90 Å². The number of anilines is 2. The molecule has 0 saturated heterocycles. The van der Waals surface area contributed by atoms with Crippen molar-refractivity contribution in [2.75, 3.05) is 10.0 Å². The summed E-state index contributed by atoms with van der Waals surface area (Å²) in [4.78, 5) is 12.6. The molecule has 0 fully saturated rings. The maximum Gasteiger partial charge on any atom is 0.322 e. The molecule has 0 atom stereocenters. The van der Waals surface area contributed by atoms with Gasteiger partial charge in [-0.25, -0.2) is 8.42 Å². The fourth-order valence-electron chi connectivity index (χ4n) is 2.70. The Balaban J connectivity index is 1.48. The van der Waals surface area contributed by atoms with E-state index in [9.17, 15) is 13.2 Å². The lowest BCUT2D eigenvalue weighted by atomic mass is 10.2. The molecule has 0 aliphatic carbocycles. The molecule has 1 heterocycles. The first-order valence-corrected chi connectivity index (χ1v) is 11.3. The van der Waals surface area contributed by atoms with Crippen molar-refractivity contribution in [1.29, 1.82) is 0 Å². The highest BCUT2D eigenvalue weighted by Crippen LogP contribution is 2.23. The Morgan fingerprint density at radius 2 is 1.53 bits per heavy atom. The van der Waals surface area contributed by atoms with Crippen molar-refractivity contribution in [3.05, 3.63) is 88.4 Å². The molecule has 162 valence electrons. The van der Waals surface area contributed by atoms with E-state index in [1.807, 2.05) is 0 Å². The molecule has 0 spiro atoms. The normalized spacial score (nSPS) is 11.2. The van der Waals surface area contributed by atoms with Gasteiger partial charge in [0, 0.05) is 26.9 Å². The molecule has 1 amide bonds. The van der Waals surface area contributed by atoms with Crippen LogP contribution in [0.4, 0.5) is 11.7 Å². The minimum atomic E-state index is -3.85. The van der Waals surface area contributed by atoms with Crippen molar-refractivity contribution in [1.82, 2.24) is 10.2 Å². The van der Waals surface area contributed by atoms with Gasteiger partial charge < -0.3 is 4.42 Å². The van der Waals surface area contributed by atoms with Gasteiger partial charge in [0.2, 0.25) is 5.89 Å². The van der Waals surface area contributed by atoms with Gasteiger partial charge in [-0.3, -0.25) is 14.8 Å². The quantitative estimate of drug-likeness (QED) is 0.390. The van der Waals surface area contributed by atoms with Crippen molar-refractivity contribution < 1.29 is 17.6 Å². The number of aromatic nitrogens is 2. The Bertz CT molecular complexity index is 1370. The molecule has 11 heteroatoms. The summed E-state index contributed by atoms with van der Waals surface area (Å²) in [5, 5.41) is 11.2. The molecule has 0 unspecified atom stereocenters. The molecule has 0 saturated carbocycles. The van der Waals surface area contributed by atoms with E-state index in [1.165, 1.54) is 42.5 Å². The lowest BCUT2D eigenvalue weighted by molar-refractivity contribution is 0.102. The number of halogens is 2. The molecule has 4 aromatic rings. The number of sulfonamides is 1. The third-order valence-electron chi connectivity index (χ3n) is 4.24. The molecular weight excluding hydrogens is 475 g/mol. The van der Waals surface area contributed by atoms with Gasteiger partial charge in [0.1, 0.15) is 0 Å². The van der Waals surface area contributed by atoms with Gasteiger partial charge in [0.15, 0.2) is 0 Å². The summed E-state index contributed by atoms with van der Waals surface area (Å²) in [5.74, 6) is -0.342. The number of rotatable bonds is 6. The second kappa shape index (κ2) is 8.99. The van der Waals surface area contributed by atoms with Crippen LogP contribution in [0.3, 0.4) is 0 Å². The monoisotopic (exact) mass is 488 g/mol. The molecule has 1 aromatic heterocycles. The van der Waals surface area contributed by atoms with Crippen LogP contribution in [0, 0.1) is 0 Å². The highest BCUT2D eigenvalue weighted by atomic mass is 35.5. The molecular formula is C21H14Cl2N4O4S. The Labute approximate surface area is 193 Å². The first-order valence-electron chi connectivity index (χ1n) is 9.09. The zero-order valence-corrected chi connectivity index (χ0v) is 18.4. The summed E-state index contributed by atoms with van der Waals surface area (Å²) in [7, 11) is -3.85. The van der Waals surface area contributed by atoms with E-state index in [0.29, 0.717) is 15.6 Å². The second-order valence-corrected chi connectivity index (χ2v) is 9.07. The molecule has 0 aliphatic rings. The SMILES string of the molecule is O=C(Nc1nnc(-c2ccc(Cl)cc2)o1)c1cccc(NS(=O)(=O)c2ccc(Cl)cc2)c1. The van der Waals surface area contributed by atoms with Crippen LogP contribution in [0.5, 0.6) is 0 Å². The summed E-state index contributed by atoms with van der Waals surface area (Å²) in [6.07, 6.45) is 0. The summed E-state index contributed by atoms with van der Waals surface area (Å²) in [6, 6.07) is 18.4. The topological polar surface area (TPSA) is 114 Å². The smallest absolute Gasteiger partial charge is 0.322 e. The van der Waals surface area contributed by atoms with Crippen LogP contribution in [-0.4, -0.2) is 24.5 Å². The number of hydrogen-bond acceptors (Lipinski definition) is 6. The van der Waals surface area contributed by atoms with Crippen LogP contribution in [-0.2, 0) is 10.0 Å². The van der Waals surface area contributed by atoms with Gasteiger partial charge in [-0.1, -0.05) is 34.4 Å². The lowest BCUT2D eigenvalue weighted by Gasteiger charge is -2.09. The average molecular weight is 489 g/mol. The van der Waals surface area contributed by atoms with E-state index in [0.717, 1.165) is 0 Å². The van der Waals surface area contributed by atoms with E-state index in [2.05, 4.69) is 20.2 Å². The Kier molecular flexibility index (Phi) is 6.13. The predicted octanol–water partition coefficient (Wildman–Crippen LogP) is 5.10. The van der Waals surface area contributed by atoms with E-state index >= 15 is 0 Å². The lowest BCUT2D eigenvalue weighted by Crippen LogP contribution is -2.15. The van der Waals surface area contributed by atoms with Crippen molar-refractivity contribution in [2.45, 2.75) is 4.90 Å². The largest absolute Gasteiger partial charge is 0.403 e. The summed E-state index contributed by atoms with van der Waals surface area (Å²) in [6.45, 7) is 0. The second-order valence-electron chi connectivity index (χ2n) is 6.51. The number of amides is 1. The predicted molar refractivity (Wildman–Crippen MR) is 121 cm³/mol. The van der Waals surface area contributed by atoms with Crippen LogP contribution in [0.25, 0.3) is 11.5 Å².